The first-order valence-corrected chi connectivity index (χ1v) is 9.75. The van der Waals surface area contributed by atoms with E-state index in [9.17, 15) is 27.6 Å². The summed E-state index contributed by atoms with van der Waals surface area (Å²) < 4.78 is 53.4. The molecule has 7 nitrogen and oxygen atoms in total. The van der Waals surface area contributed by atoms with E-state index in [0.717, 1.165) is 12.0 Å². The van der Waals surface area contributed by atoms with Crippen LogP contribution in [0.4, 0.5) is 13.2 Å². The molecule has 33 heavy (non-hydrogen) atoms. The number of hydrogen-bond acceptors (Lipinski definition) is 5. The predicted octanol–water partition coefficient (Wildman–Crippen LogP) is 3.22. The van der Waals surface area contributed by atoms with Gasteiger partial charge in [0.05, 0.1) is 20.8 Å². The van der Waals surface area contributed by atoms with E-state index in [-0.39, 0.29) is 23.6 Å². The van der Waals surface area contributed by atoms with Gasteiger partial charge in [-0.15, -0.1) is 0 Å². The van der Waals surface area contributed by atoms with Crippen molar-refractivity contribution in [1.82, 2.24) is 10.2 Å². The Hall–Kier alpha value is -3.82. The van der Waals surface area contributed by atoms with Crippen LogP contribution in [0.1, 0.15) is 22.8 Å². The number of rotatable bonds is 6. The number of ether oxygens (including phenoxy) is 2. The van der Waals surface area contributed by atoms with Gasteiger partial charge in [-0.05, 0) is 30.7 Å². The van der Waals surface area contributed by atoms with Gasteiger partial charge < -0.3 is 19.7 Å². The van der Waals surface area contributed by atoms with E-state index >= 15 is 0 Å². The number of amides is 2. The standard InChI is InChI=1S/C23H21F3N2O5/c1-14-18(20(30)33-3)22(23(24,25)26,21(31)28(14)13-15-8-5-4-6-9-15)27-19(29)16-10-7-11-17(12-16)32-2/h4-12H,13H2,1-3H3,(H,27,29). The Morgan fingerprint density at radius 3 is 2.30 bits per heavy atom. The van der Waals surface area contributed by atoms with Gasteiger partial charge in [-0.3, -0.25) is 9.59 Å². The van der Waals surface area contributed by atoms with E-state index in [0.29, 0.717) is 5.56 Å². The lowest BCUT2D eigenvalue weighted by Gasteiger charge is -2.33. The van der Waals surface area contributed by atoms with Gasteiger partial charge in [0.25, 0.3) is 17.4 Å². The quantitative estimate of drug-likeness (QED) is 0.667. The van der Waals surface area contributed by atoms with Crippen molar-refractivity contribution in [3.63, 3.8) is 0 Å². The first-order chi connectivity index (χ1) is 15.6. The van der Waals surface area contributed by atoms with Gasteiger partial charge in [-0.1, -0.05) is 36.4 Å². The molecule has 1 aliphatic heterocycles. The topological polar surface area (TPSA) is 84.9 Å². The maximum Gasteiger partial charge on any atom is 0.425 e. The van der Waals surface area contributed by atoms with Gasteiger partial charge in [0.15, 0.2) is 0 Å². The second-order valence-corrected chi connectivity index (χ2v) is 7.26. The highest BCUT2D eigenvalue weighted by Gasteiger charge is 2.70. The highest BCUT2D eigenvalue weighted by Crippen LogP contribution is 2.45. The Bertz CT molecular complexity index is 1110. The number of alkyl halides is 3. The molecule has 3 rings (SSSR count). The van der Waals surface area contributed by atoms with Crippen molar-refractivity contribution in [3.8, 4) is 5.75 Å². The van der Waals surface area contributed by atoms with Crippen LogP contribution in [0, 0.1) is 0 Å². The normalized spacial score (nSPS) is 18.4. The molecule has 0 radical (unpaired) electrons. The van der Waals surface area contributed by atoms with Crippen molar-refractivity contribution in [2.45, 2.75) is 25.2 Å². The number of nitrogens with one attached hydrogen (secondary N) is 1. The van der Waals surface area contributed by atoms with Gasteiger partial charge >= 0.3 is 12.1 Å². The third kappa shape index (κ3) is 4.15. The van der Waals surface area contributed by atoms with E-state index < -0.39 is 35.1 Å². The van der Waals surface area contributed by atoms with Crippen molar-refractivity contribution in [2.24, 2.45) is 0 Å². The summed E-state index contributed by atoms with van der Waals surface area (Å²) in [5, 5.41) is 1.79. The van der Waals surface area contributed by atoms with Gasteiger partial charge in [-0.25, -0.2) is 4.79 Å². The fourth-order valence-corrected chi connectivity index (χ4v) is 3.68. The lowest BCUT2D eigenvalue weighted by molar-refractivity contribution is -0.192. The van der Waals surface area contributed by atoms with Crippen LogP contribution in [-0.2, 0) is 20.9 Å². The van der Waals surface area contributed by atoms with Crippen LogP contribution in [-0.4, -0.2) is 48.6 Å². The van der Waals surface area contributed by atoms with Crippen LogP contribution in [0.15, 0.2) is 65.9 Å². The lowest BCUT2D eigenvalue weighted by Crippen LogP contribution is -2.66. The molecule has 1 aliphatic rings. The molecule has 0 spiro atoms. The molecule has 0 bridgehead atoms. The highest BCUT2D eigenvalue weighted by molar-refractivity contribution is 6.11. The smallest absolute Gasteiger partial charge is 0.425 e. The summed E-state index contributed by atoms with van der Waals surface area (Å²) in [7, 11) is 2.23. The van der Waals surface area contributed by atoms with Crippen molar-refractivity contribution in [1.29, 1.82) is 0 Å². The van der Waals surface area contributed by atoms with Crippen LogP contribution in [0.5, 0.6) is 5.75 Å². The van der Waals surface area contributed by atoms with Gasteiger partial charge in [0.2, 0.25) is 0 Å². The zero-order valence-corrected chi connectivity index (χ0v) is 18.0. The summed E-state index contributed by atoms with van der Waals surface area (Å²) in [5.74, 6) is -3.87. The van der Waals surface area contributed by atoms with Crippen LogP contribution in [0.3, 0.4) is 0 Å². The molecule has 1 heterocycles. The molecule has 2 aromatic rings. The number of methoxy groups -OCH3 is 2. The third-order valence-electron chi connectivity index (χ3n) is 5.34. The summed E-state index contributed by atoms with van der Waals surface area (Å²) in [5.41, 5.74) is -4.53. The molecule has 1 atom stereocenters. The summed E-state index contributed by atoms with van der Waals surface area (Å²) in [6.07, 6.45) is -5.35. The van der Waals surface area contributed by atoms with Crippen LogP contribution in [0.25, 0.3) is 0 Å². The summed E-state index contributed by atoms with van der Waals surface area (Å²) in [4.78, 5) is 39.5. The monoisotopic (exact) mass is 462 g/mol. The first-order valence-electron chi connectivity index (χ1n) is 9.75. The molecule has 2 amide bonds. The molecule has 2 aromatic carbocycles. The number of benzene rings is 2. The zero-order chi connectivity index (χ0) is 24.4. The molecular formula is C23H21F3N2O5. The number of carbonyl (C=O) groups excluding carboxylic acids is 3. The summed E-state index contributed by atoms with van der Waals surface area (Å²) in [6.45, 7) is 0.969. The number of esters is 1. The third-order valence-corrected chi connectivity index (χ3v) is 5.34. The van der Waals surface area contributed by atoms with E-state index in [1.807, 2.05) is 0 Å². The summed E-state index contributed by atoms with van der Waals surface area (Å²) in [6, 6.07) is 13.7. The van der Waals surface area contributed by atoms with Crippen molar-refractivity contribution < 1.29 is 37.0 Å². The number of nitrogens with zero attached hydrogens (tertiary/aromatic N) is 1. The Balaban J connectivity index is 2.13. The van der Waals surface area contributed by atoms with E-state index in [4.69, 9.17) is 4.74 Å². The summed E-state index contributed by atoms with van der Waals surface area (Å²) >= 11 is 0. The fourth-order valence-electron chi connectivity index (χ4n) is 3.68. The van der Waals surface area contributed by atoms with Crippen molar-refractivity contribution in [2.75, 3.05) is 14.2 Å². The minimum Gasteiger partial charge on any atom is -0.497 e. The van der Waals surface area contributed by atoms with E-state index in [2.05, 4.69) is 4.74 Å². The molecule has 10 heteroatoms. The fraction of sp³-hybridized carbons (Fsp3) is 0.261. The average Bonchev–Trinajstić information content (AvgIpc) is 3.01. The zero-order valence-electron chi connectivity index (χ0n) is 18.0. The van der Waals surface area contributed by atoms with Gasteiger partial charge in [-0.2, -0.15) is 13.2 Å². The molecule has 174 valence electrons. The Kier molecular flexibility index (Phi) is 6.48. The lowest BCUT2D eigenvalue weighted by atomic mass is 9.88. The van der Waals surface area contributed by atoms with Crippen LogP contribution >= 0.6 is 0 Å². The molecule has 1 unspecified atom stereocenters. The maximum atomic E-state index is 14.6. The molecule has 1 N–H and O–H groups in total. The van der Waals surface area contributed by atoms with Crippen molar-refractivity contribution in [3.05, 3.63) is 77.0 Å². The Morgan fingerprint density at radius 2 is 1.73 bits per heavy atom. The number of hydrogen-bond donors (Lipinski definition) is 1. The maximum absolute atomic E-state index is 14.6. The number of carbonyl (C=O) groups is 3. The number of allylic oxidation sites excluding steroid dienone is 1. The molecule has 0 fully saturated rings. The molecule has 0 saturated heterocycles. The molecular weight excluding hydrogens is 441 g/mol. The van der Waals surface area contributed by atoms with E-state index in [1.165, 1.54) is 38.3 Å². The number of halogens is 3. The Labute approximate surface area is 187 Å². The predicted molar refractivity (Wildman–Crippen MR) is 111 cm³/mol. The molecule has 0 aromatic heterocycles. The minimum atomic E-state index is -5.35. The second kappa shape index (κ2) is 8.97. The highest BCUT2D eigenvalue weighted by atomic mass is 19.4. The van der Waals surface area contributed by atoms with Crippen LogP contribution in [0.2, 0.25) is 0 Å². The molecule has 0 saturated carbocycles. The van der Waals surface area contributed by atoms with Gasteiger partial charge in [0, 0.05) is 11.3 Å². The van der Waals surface area contributed by atoms with Crippen LogP contribution < -0.4 is 10.1 Å². The first kappa shape index (κ1) is 23.8. The van der Waals surface area contributed by atoms with Crippen molar-refractivity contribution >= 4 is 17.8 Å². The SMILES string of the molecule is COC(=O)C1=C(C)N(Cc2ccccc2)C(=O)C1(NC(=O)c1cccc(OC)c1)C(F)(F)F. The Morgan fingerprint density at radius 1 is 1.06 bits per heavy atom. The average molecular weight is 462 g/mol. The van der Waals surface area contributed by atoms with E-state index in [1.54, 1.807) is 35.6 Å². The largest absolute Gasteiger partial charge is 0.497 e. The molecule has 0 aliphatic carbocycles. The van der Waals surface area contributed by atoms with Gasteiger partial charge in [0.1, 0.15) is 11.3 Å². The second-order valence-electron chi connectivity index (χ2n) is 7.26. The minimum absolute atomic E-state index is 0.186.